The van der Waals surface area contributed by atoms with Crippen LogP contribution in [0.2, 0.25) is 5.02 Å². The van der Waals surface area contributed by atoms with Crippen molar-refractivity contribution in [1.82, 2.24) is 4.90 Å². The predicted molar refractivity (Wildman–Crippen MR) is 79.8 cm³/mol. The highest BCUT2D eigenvalue weighted by atomic mass is 35.5. The minimum atomic E-state index is -0.527. The maximum absolute atomic E-state index is 12.3. The lowest BCUT2D eigenvalue weighted by molar-refractivity contribution is -0.140. The molecule has 6 heteroatoms. The Kier molecular flexibility index (Phi) is 4.01. The van der Waals surface area contributed by atoms with Gasteiger partial charge in [0.1, 0.15) is 5.75 Å². The Morgan fingerprint density at radius 2 is 2.19 bits per heavy atom. The second kappa shape index (κ2) is 5.93. The summed E-state index contributed by atoms with van der Waals surface area (Å²) in [5, 5.41) is 4.62. The van der Waals surface area contributed by atoms with E-state index in [2.05, 4.69) is 5.16 Å². The van der Waals surface area contributed by atoms with Crippen LogP contribution < -0.4 is 4.74 Å². The number of carbonyl (C=O) groups is 1. The maximum Gasteiger partial charge on any atom is 0.266 e. The number of hydrogen-bond donors (Lipinski definition) is 0. The summed E-state index contributed by atoms with van der Waals surface area (Å²) in [4.78, 5) is 19.5. The van der Waals surface area contributed by atoms with Gasteiger partial charge in [0.15, 0.2) is 0 Å². The number of methoxy groups -OCH3 is 1. The van der Waals surface area contributed by atoms with Crippen LogP contribution in [-0.2, 0) is 9.63 Å². The fraction of sp³-hybridized carbons (Fsp3) is 0.467. The molecule has 1 fully saturated rings. The summed E-state index contributed by atoms with van der Waals surface area (Å²) in [6.07, 6.45) is 2.05. The first kappa shape index (κ1) is 14.2. The first-order valence-corrected chi connectivity index (χ1v) is 7.42. The van der Waals surface area contributed by atoms with Gasteiger partial charge in [-0.3, -0.25) is 4.79 Å². The zero-order chi connectivity index (χ0) is 14.8. The van der Waals surface area contributed by atoms with Gasteiger partial charge in [0, 0.05) is 25.1 Å². The molecule has 1 atom stereocenters. The van der Waals surface area contributed by atoms with Crippen molar-refractivity contribution >= 4 is 23.2 Å². The van der Waals surface area contributed by atoms with Crippen molar-refractivity contribution in [3.05, 3.63) is 28.8 Å². The van der Waals surface area contributed by atoms with Gasteiger partial charge in [-0.25, -0.2) is 0 Å². The highest BCUT2D eigenvalue weighted by Crippen LogP contribution is 2.27. The molecule has 0 aromatic heterocycles. The van der Waals surface area contributed by atoms with E-state index in [1.807, 2.05) is 11.0 Å². The number of hydrogen-bond acceptors (Lipinski definition) is 4. The molecule has 3 rings (SSSR count). The largest absolute Gasteiger partial charge is 0.497 e. The lowest BCUT2D eigenvalue weighted by atomic mass is 10.0. The standard InChI is InChI=1S/C15H17ClN2O3/c1-20-10-4-5-12(16)11(8-10)13-9-14(21-17-13)15(19)18-6-2-3-7-18/h4-5,8,14H,2-3,6-7,9H2,1H3. The minimum Gasteiger partial charge on any atom is -0.497 e. The van der Waals surface area contributed by atoms with Gasteiger partial charge < -0.3 is 14.5 Å². The Hall–Kier alpha value is -1.75. The van der Waals surface area contributed by atoms with Crippen molar-refractivity contribution in [1.29, 1.82) is 0 Å². The molecule has 21 heavy (non-hydrogen) atoms. The Bertz CT molecular complexity index is 582. The van der Waals surface area contributed by atoms with Crippen molar-refractivity contribution in [3.63, 3.8) is 0 Å². The zero-order valence-corrected chi connectivity index (χ0v) is 12.6. The number of rotatable bonds is 3. The van der Waals surface area contributed by atoms with Crippen LogP contribution in [0.25, 0.3) is 0 Å². The second-order valence-electron chi connectivity index (χ2n) is 5.21. The second-order valence-corrected chi connectivity index (χ2v) is 5.62. The van der Waals surface area contributed by atoms with Gasteiger partial charge in [-0.05, 0) is 31.0 Å². The van der Waals surface area contributed by atoms with E-state index in [-0.39, 0.29) is 5.91 Å². The van der Waals surface area contributed by atoms with Gasteiger partial charge in [-0.1, -0.05) is 16.8 Å². The van der Waals surface area contributed by atoms with Gasteiger partial charge in [-0.15, -0.1) is 0 Å². The quantitative estimate of drug-likeness (QED) is 0.862. The Labute approximate surface area is 128 Å². The number of benzene rings is 1. The molecule has 1 amide bonds. The molecule has 0 N–H and O–H groups in total. The van der Waals surface area contributed by atoms with Gasteiger partial charge >= 0.3 is 0 Å². The van der Waals surface area contributed by atoms with Crippen molar-refractivity contribution in [2.75, 3.05) is 20.2 Å². The minimum absolute atomic E-state index is 0.0188. The number of oxime groups is 1. The van der Waals surface area contributed by atoms with Crippen molar-refractivity contribution < 1.29 is 14.4 Å². The molecule has 1 unspecified atom stereocenters. The van der Waals surface area contributed by atoms with E-state index < -0.39 is 6.10 Å². The van der Waals surface area contributed by atoms with E-state index in [0.29, 0.717) is 22.9 Å². The lowest BCUT2D eigenvalue weighted by Crippen LogP contribution is -2.37. The Morgan fingerprint density at radius 1 is 1.43 bits per heavy atom. The van der Waals surface area contributed by atoms with Gasteiger partial charge in [0.2, 0.25) is 6.10 Å². The molecule has 0 spiro atoms. The van der Waals surface area contributed by atoms with E-state index in [0.717, 1.165) is 31.5 Å². The predicted octanol–water partition coefficient (Wildman–Crippen LogP) is 2.46. The number of amides is 1. The SMILES string of the molecule is COc1ccc(Cl)c(C2=NOC(C(=O)N3CCCC3)C2)c1. The molecule has 2 heterocycles. The number of likely N-dealkylation sites (tertiary alicyclic amines) is 1. The average molecular weight is 309 g/mol. The van der Waals surface area contributed by atoms with E-state index in [9.17, 15) is 4.79 Å². The first-order chi connectivity index (χ1) is 10.2. The average Bonchev–Trinajstić information content (AvgIpc) is 3.19. The van der Waals surface area contributed by atoms with Crippen LogP contribution in [0.1, 0.15) is 24.8 Å². The highest BCUT2D eigenvalue weighted by molar-refractivity contribution is 6.34. The maximum atomic E-state index is 12.3. The fourth-order valence-corrected chi connectivity index (χ4v) is 2.89. The molecule has 2 aliphatic rings. The first-order valence-electron chi connectivity index (χ1n) is 7.04. The number of nitrogens with zero attached hydrogens (tertiary/aromatic N) is 2. The van der Waals surface area contributed by atoms with E-state index >= 15 is 0 Å². The highest BCUT2D eigenvalue weighted by Gasteiger charge is 2.34. The molecule has 1 saturated heterocycles. The summed E-state index contributed by atoms with van der Waals surface area (Å²) in [6, 6.07) is 5.36. The van der Waals surface area contributed by atoms with Gasteiger partial charge in [0.25, 0.3) is 5.91 Å². The van der Waals surface area contributed by atoms with Crippen LogP contribution in [0.15, 0.2) is 23.4 Å². The monoisotopic (exact) mass is 308 g/mol. The van der Waals surface area contributed by atoms with E-state index in [1.165, 1.54) is 0 Å². The third-order valence-electron chi connectivity index (χ3n) is 3.85. The molecule has 1 aromatic rings. The van der Waals surface area contributed by atoms with Gasteiger partial charge in [0.05, 0.1) is 17.8 Å². The number of ether oxygens (including phenoxy) is 1. The fourth-order valence-electron chi connectivity index (χ4n) is 2.66. The molecule has 0 aliphatic carbocycles. The molecule has 112 valence electrons. The van der Waals surface area contributed by atoms with Gasteiger partial charge in [-0.2, -0.15) is 0 Å². The smallest absolute Gasteiger partial charge is 0.266 e. The molecular formula is C15H17ClN2O3. The molecule has 0 saturated carbocycles. The molecule has 5 nitrogen and oxygen atoms in total. The normalized spacial score (nSPS) is 21.1. The third kappa shape index (κ3) is 2.83. The van der Waals surface area contributed by atoms with Crippen molar-refractivity contribution in [3.8, 4) is 5.75 Å². The van der Waals surface area contributed by atoms with Crippen molar-refractivity contribution in [2.45, 2.75) is 25.4 Å². The summed E-state index contributed by atoms with van der Waals surface area (Å²) in [5.74, 6) is 0.719. The van der Waals surface area contributed by atoms with Crippen molar-refractivity contribution in [2.24, 2.45) is 5.16 Å². The number of carbonyl (C=O) groups excluding carboxylic acids is 1. The van der Waals surface area contributed by atoms with Crippen LogP contribution in [0.4, 0.5) is 0 Å². The van der Waals surface area contributed by atoms with Crippen LogP contribution in [0.5, 0.6) is 5.75 Å². The summed E-state index contributed by atoms with van der Waals surface area (Å²) < 4.78 is 5.20. The topological polar surface area (TPSA) is 51.1 Å². The lowest BCUT2D eigenvalue weighted by Gasteiger charge is -2.18. The Balaban J connectivity index is 1.73. The molecule has 1 aromatic carbocycles. The third-order valence-corrected chi connectivity index (χ3v) is 4.18. The molecule has 0 radical (unpaired) electrons. The molecular weight excluding hydrogens is 292 g/mol. The van der Waals surface area contributed by atoms with Crippen LogP contribution in [0, 0.1) is 0 Å². The zero-order valence-electron chi connectivity index (χ0n) is 11.8. The Morgan fingerprint density at radius 3 is 2.90 bits per heavy atom. The summed E-state index contributed by atoms with van der Waals surface area (Å²) in [5.41, 5.74) is 1.45. The van der Waals surface area contributed by atoms with E-state index in [4.69, 9.17) is 21.2 Å². The summed E-state index contributed by atoms with van der Waals surface area (Å²) in [6.45, 7) is 1.63. The summed E-state index contributed by atoms with van der Waals surface area (Å²) in [7, 11) is 1.60. The van der Waals surface area contributed by atoms with Crippen LogP contribution in [-0.4, -0.2) is 42.8 Å². The number of halogens is 1. The van der Waals surface area contributed by atoms with Crippen LogP contribution in [0.3, 0.4) is 0 Å². The van der Waals surface area contributed by atoms with Crippen LogP contribution >= 0.6 is 11.6 Å². The van der Waals surface area contributed by atoms with E-state index in [1.54, 1.807) is 19.2 Å². The molecule has 2 aliphatic heterocycles. The molecule has 0 bridgehead atoms. The summed E-state index contributed by atoms with van der Waals surface area (Å²) >= 11 is 6.20.